The Morgan fingerprint density at radius 1 is 0.793 bits per heavy atom. The normalized spacial score (nSPS) is 12.2. The van der Waals surface area contributed by atoms with Gasteiger partial charge in [-0.25, -0.2) is 4.79 Å². The number of thioether (sulfide) groups is 1. The van der Waals surface area contributed by atoms with Gasteiger partial charge < -0.3 is 27.6 Å². The Morgan fingerprint density at radius 2 is 1.24 bits per heavy atom. The van der Waals surface area contributed by atoms with E-state index < -0.39 is 38.7 Å². The molecule has 0 aromatic carbocycles. The number of carbonyl (C=O) groups is 2. The van der Waals surface area contributed by atoms with Crippen LogP contribution in [0.2, 0.25) is 0 Å². The van der Waals surface area contributed by atoms with Crippen LogP contribution in [0.4, 0.5) is 4.79 Å². The average molecular weight is 478 g/mol. The third kappa shape index (κ3) is 10.4. The highest BCUT2D eigenvalue weighted by Gasteiger charge is 2.50. The van der Waals surface area contributed by atoms with Gasteiger partial charge in [0.15, 0.2) is 5.40 Å². The summed E-state index contributed by atoms with van der Waals surface area (Å²) in [4.78, 5) is 23.3. The molecule has 0 aromatic heterocycles. The predicted octanol–water partition coefficient (Wildman–Crippen LogP) is 5.02. The standard InChI is InChI=1S/C16H32O10P2S/c1-6-23-27(19,24-7-2)15(28(20,25-8-3)26-9-4)12-11-14(17)21-13-22-16(18)29-10-5/h15H,6-13H2,1-5H3. The number of rotatable bonds is 16. The van der Waals surface area contributed by atoms with Crippen LogP contribution >= 0.6 is 27.0 Å². The molecule has 0 saturated heterocycles. The van der Waals surface area contributed by atoms with Crippen molar-refractivity contribution in [1.82, 2.24) is 0 Å². The van der Waals surface area contributed by atoms with Crippen molar-refractivity contribution in [2.45, 2.75) is 52.9 Å². The summed E-state index contributed by atoms with van der Waals surface area (Å²) >= 11 is 0.937. The quantitative estimate of drug-likeness (QED) is 0.169. The molecule has 0 radical (unpaired) electrons. The number of ether oxygens (including phenoxy) is 2. The van der Waals surface area contributed by atoms with Crippen LogP contribution in [-0.4, -0.2) is 55.6 Å². The summed E-state index contributed by atoms with van der Waals surface area (Å²) in [5.74, 6) is -0.202. The topological polar surface area (TPSA) is 124 Å². The molecule has 0 rings (SSSR count). The monoisotopic (exact) mass is 478 g/mol. The first kappa shape index (κ1) is 28.6. The second-order valence-electron chi connectivity index (χ2n) is 5.23. The molecular formula is C16H32O10P2S. The number of hydrogen-bond acceptors (Lipinski definition) is 11. The molecule has 0 N–H and O–H groups in total. The molecular weight excluding hydrogens is 446 g/mol. The van der Waals surface area contributed by atoms with Gasteiger partial charge in [-0.1, -0.05) is 6.92 Å². The summed E-state index contributed by atoms with van der Waals surface area (Å²) < 4.78 is 57.4. The second-order valence-corrected chi connectivity index (χ2v) is 11.3. The molecule has 0 spiro atoms. The van der Waals surface area contributed by atoms with Gasteiger partial charge in [0.1, 0.15) is 0 Å². The largest absolute Gasteiger partial charge is 0.428 e. The van der Waals surface area contributed by atoms with Gasteiger partial charge >= 0.3 is 26.5 Å². The minimum Gasteiger partial charge on any atom is -0.428 e. The maximum absolute atomic E-state index is 13.3. The van der Waals surface area contributed by atoms with E-state index in [0.717, 1.165) is 11.8 Å². The minimum absolute atomic E-state index is 0.0432. The van der Waals surface area contributed by atoms with Crippen LogP contribution in [0.5, 0.6) is 0 Å². The van der Waals surface area contributed by atoms with Gasteiger partial charge in [0.05, 0.1) is 26.4 Å². The van der Waals surface area contributed by atoms with E-state index in [0.29, 0.717) is 5.75 Å². The van der Waals surface area contributed by atoms with Gasteiger partial charge in [-0.15, -0.1) is 0 Å². The lowest BCUT2D eigenvalue weighted by molar-refractivity contribution is -0.151. The SMILES string of the molecule is CCOP(=O)(OCC)C(CCC(=O)OCOC(=O)SCC)P(=O)(OCC)OCC. The Balaban J connectivity index is 5.30. The smallest absolute Gasteiger partial charge is 0.370 e. The third-order valence-corrected chi connectivity index (χ3v) is 10.0. The third-order valence-electron chi connectivity index (χ3n) is 3.23. The van der Waals surface area contributed by atoms with Gasteiger partial charge in [0, 0.05) is 12.2 Å². The Kier molecular flexibility index (Phi) is 15.2. The van der Waals surface area contributed by atoms with E-state index in [4.69, 9.17) is 27.6 Å². The molecule has 0 unspecified atom stereocenters. The summed E-state index contributed by atoms with van der Waals surface area (Å²) in [6.45, 7) is 7.88. The second kappa shape index (κ2) is 15.4. The summed E-state index contributed by atoms with van der Waals surface area (Å²) in [5.41, 5.74) is 0. The van der Waals surface area contributed by atoms with Crippen LogP contribution < -0.4 is 0 Å². The molecule has 13 heteroatoms. The Morgan fingerprint density at radius 3 is 1.62 bits per heavy atom. The van der Waals surface area contributed by atoms with Crippen LogP contribution in [0.3, 0.4) is 0 Å². The summed E-state index contributed by atoms with van der Waals surface area (Å²) in [6.07, 6.45) is -0.470. The molecule has 172 valence electrons. The lowest BCUT2D eigenvalue weighted by atomic mass is 10.3. The van der Waals surface area contributed by atoms with Crippen LogP contribution in [0.15, 0.2) is 0 Å². The molecule has 0 atom stereocenters. The van der Waals surface area contributed by atoms with Gasteiger partial charge in [0.25, 0.3) is 0 Å². The number of hydrogen-bond donors (Lipinski definition) is 0. The van der Waals surface area contributed by atoms with Crippen LogP contribution in [-0.2, 0) is 41.5 Å². The first-order valence-electron chi connectivity index (χ1n) is 9.45. The molecule has 0 fully saturated rings. The molecule has 0 heterocycles. The van der Waals surface area contributed by atoms with E-state index in [1.807, 2.05) is 0 Å². The van der Waals surface area contributed by atoms with Crippen molar-refractivity contribution in [2.24, 2.45) is 0 Å². The maximum atomic E-state index is 13.3. The average Bonchev–Trinajstić information content (AvgIpc) is 2.62. The van der Waals surface area contributed by atoms with E-state index in [-0.39, 0.29) is 39.3 Å². The molecule has 10 nitrogen and oxygen atoms in total. The highest BCUT2D eigenvalue weighted by atomic mass is 32.2. The Hall–Kier alpha value is -0.410. The van der Waals surface area contributed by atoms with E-state index in [2.05, 4.69) is 0 Å². The lowest BCUT2D eigenvalue weighted by Crippen LogP contribution is -2.20. The zero-order valence-corrected chi connectivity index (χ0v) is 20.2. The summed E-state index contributed by atoms with van der Waals surface area (Å²) in [7, 11) is -7.85. The zero-order valence-electron chi connectivity index (χ0n) is 17.6. The van der Waals surface area contributed by atoms with E-state index in [9.17, 15) is 18.7 Å². The zero-order chi connectivity index (χ0) is 22.3. The van der Waals surface area contributed by atoms with Crippen molar-refractivity contribution in [3.63, 3.8) is 0 Å². The summed E-state index contributed by atoms with van der Waals surface area (Å²) in [5, 5.41) is -1.87. The van der Waals surface area contributed by atoms with Crippen molar-refractivity contribution in [2.75, 3.05) is 39.0 Å². The molecule has 0 aliphatic carbocycles. The van der Waals surface area contributed by atoms with Crippen molar-refractivity contribution in [1.29, 1.82) is 0 Å². The molecule has 0 bridgehead atoms. The maximum Gasteiger partial charge on any atom is 0.370 e. The fourth-order valence-electron chi connectivity index (χ4n) is 2.25. The van der Waals surface area contributed by atoms with E-state index in [1.54, 1.807) is 34.6 Å². The summed E-state index contributed by atoms with van der Waals surface area (Å²) in [6, 6.07) is 0. The lowest BCUT2D eigenvalue weighted by Gasteiger charge is -2.31. The molecule has 0 amide bonds. The molecule has 0 saturated carbocycles. The van der Waals surface area contributed by atoms with Crippen molar-refractivity contribution < 1.29 is 46.3 Å². The molecule has 29 heavy (non-hydrogen) atoms. The van der Waals surface area contributed by atoms with E-state index >= 15 is 0 Å². The van der Waals surface area contributed by atoms with Crippen LogP contribution in [0, 0.1) is 0 Å². The minimum atomic E-state index is -3.93. The van der Waals surface area contributed by atoms with E-state index in [1.165, 1.54) is 0 Å². The van der Waals surface area contributed by atoms with Gasteiger partial charge in [-0.3, -0.25) is 13.9 Å². The fourth-order valence-corrected chi connectivity index (χ4v) is 7.97. The Labute approximate surface area is 176 Å². The predicted molar refractivity (Wildman–Crippen MR) is 110 cm³/mol. The molecule has 0 aliphatic rings. The Bertz CT molecular complexity index is 536. The van der Waals surface area contributed by atoms with Gasteiger partial charge in [-0.05, 0) is 45.9 Å². The number of carbonyl (C=O) groups excluding carboxylic acids is 2. The van der Waals surface area contributed by atoms with Crippen LogP contribution in [0.1, 0.15) is 47.5 Å². The fraction of sp³-hybridized carbons (Fsp3) is 0.875. The van der Waals surface area contributed by atoms with Crippen molar-refractivity contribution in [3.8, 4) is 0 Å². The first-order valence-corrected chi connectivity index (χ1v) is 13.7. The highest BCUT2D eigenvalue weighted by Crippen LogP contribution is 2.71. The van der Waals surface area contributed by atoms with Crippen LogP contribution in [0.25, 0.3) is 0 Å². The number of esters is 1. The highest BCUT2D eigenvalue weighted by molar-refractivity contribution is 8.13. The van der Waals surface area contributed by atoms with Crippen molar-refractivity contribution in [3.05, 3.63) is 0 Å². The first-order chi connectivity index (χ1) is 13.7. The van der Waals surface area contributed by atoms with Gasteiger partial charge in [0.2, 0.25) is 6.79 Å². The molecule has 0 aromatic rings. The van der Waals surface area contributed by atoms with Crippen molar-refractivity contribution >= 4 is 38.2 Å². The van der Waals surface area contributed by atoms with Gasteiger partial charge in [-0.2, -0.15) is 0 Å². The molecule has 0 aliphatic heterocycles.